The second-order valence-electron chi connectivity index (χ2n) is 5.38. The van der Waals surface area contributed by atoms with Gasteiger partial charge in [0.1, 0.15) is 5.41 Å². The first-order valence-electron chi connectivity index (χ1n) is 7.26. The molecule has 1 rings (SSSR count). The predicted octanol–water partition coefficient (Wildman–Crippen LogP) is 2.73. The van der Waals surface area contributed by atoms with Crippen molar-refractivity contribution in [1.29, 1.82) is 0 Å². The molecule has 0 aliphatic heterocycles. The van der Waals surface area contributed by atoms with E-state index in [9.17, 15) is 4.79 Å². The number of amides is 1. The van der Waals surface area contributed by atoms with Gasteiger partial charge in [-0.15, -0.1) is 0 Å². The third-order valence-corrected chi connectivity index (χ3v) is 4.16. The lowest BCUT2D eigenvalue weighted by molar-refractivity contribution is -0.128. The molecule has 116 valence electrons. The zero-order chi connectivity index (χ0) is 16.0. The van der Waals surface area contributed by atoms with Crippen molar-refractivity contribution in [2.75, 3.05) is 0 Å². The van der Waals surface area contributed by atoms with Crippen LogP contribution in [0.5, 0.6) is 0 Å². The average Bonchev–Trinajstić information content (AvgIpc) is 2.49. The quantitative estimate of drug-likeness (QED) is 0.326. The van der Waals surface area contributed by atoms with Crippen molar-refractivity contribution in [3.8, 4) is 0 Å². The maximum absolute atomic E-state index is 12.6. The van der Waals surface area contributed by atoms with Crippen LogP contribution in [0.15, 0.2) is 29.4 Å². The maximum Gasteiger partial charge on any atom is 0.234 e. The van der Waals surface area contributed by atoms with E-state index >= 15 is 0 Å². The normalized spacial score (nSPS) is 13.8. The second-order valence-corrected chi connectivity index (χ2v) is 5.38. The van der Waals surface area contributed by atoms with E-state index in [-0.39, 0.29) is 17.8 Å². The molecule has 5 heteroatoms. The smallest absolute Gasteiger partial charge is 0.234 e. The van der Waals surface area contributed by atoms with Crippen LogP contribution < -0.4 is 11.1 Å². The van der Waals surface area contributed by atoms with Crippen molar-refractivity contribution < 1.29 is 10.0 Å². The first kappa shape index (κ1) is 17.0. The summed E-state index contributed by atoms with van der Waals surface area (Å²) in [5, 5.41) is 15.0. The van der Waals surface area contributed by atoms with Crippen molar-refractivity contribution in [1.82, 2.24) is 5.32 Å². The van der Waals surface area contributed by atoms with Gasteiger partial charge in [-0.05, 0) is 32.3 Å². The molecule has 0 radical (unpaired) electrons. The molecule has 1 amide bonds. The van der Waals surface area contributed by atoms with Crippen molar-refractivity contribution in [2.45, 2.75) is 46.6 Å². The largest absolute Gasteiger partial charge is 0.409 e. The van der Waals surface area contributed by atoms with Gasteiger partial charge in [-0.2, -0.15) is 0 Å². The summed E-state index contributed by atoms with van der Waals surface area (Å²) in [6.07, 6.45) is 0.956. The molecule has 0 fully saturated rings. The van der Waals surface area contributed by atoms with Gasteiger partial charge in [0.15, 0.2) is 5.84 Å². The molecule has 0 spiro atoms. The summed E-state index contributed by atoms with van der Waals surface area (Å²) in [5.74, 6) is -0.253. The van der Waals surface area contributed by atoms with Crippen LogP contribution in [0.3, 0.4) is 0 Å². The second kappa shape index (κ2) is 7.11. The number of nitrogens with two attached hydrogens (primary N) is 1. The molecule has 0 heterocycles. The molecule has 1 atom stereocenters. The Hall–Kier alpha value is -2.04. The predicted molar refractivity (Wildman–Crippen MR) is 84.2 cm³/mol. The van der Waals surface area contributed by atoms with Crippen molar-refractivity contribution in [2.24, 2.45) is 16.3 Å². The van der Waals surface area contributed by atoms with Crippen molar-refractivity contribution in [3.63, 3.8) is 0 Å². The summed E-state index contributed by atoms with van der Waals surface area (Å²) in [6, 6.07) is 7.86. The van der Waals surface area contributed by atoms with Crippen LogP contribution >= 0.6 is 0 Å². The number of hydrogen-bond donors (Lipinski definition) is 3. The minimum Gasteiger partial charge on any atom is -0.409 e. The van der Waals surface area contributed by atoms with Gasteiger partial charge in [-0.3, -0.25) is 4.79 Å². The van der Waals surface area contributed by atoms with Crippen LogP contribution in [-0.4, -0.2) is 17.0 Å². The lowest BCUT2D eigenvalue weighted by atomic mass is 9.80. The van der Waals surface area contributed by atoms with Gasteiger partial charge in [0.2, 0.25) is 5.91 Å². The average molecular weight is 291 g/mol. The summed E-state index contributed by atoms with van der Waals surface area (Å²) in [6.45, 7) is 7.66. The van der Waals surface area contributed by atoms with Crippen LogP contribution in [0.2, 0.25) is 0 Å². The van der Waals surface area contributed by atoms with Crippen LogP contribution in [0, 0.1) is 12.3 Å². The molecule has 0 aliphatic carbocycles. The number of carbonyl (C=O) groups excluding carboxylic acids is 1. The summed E-state index contributed by atoms with van der Waals surface area (Å²) >= 11 is 0. The van der Waals surface area contributed by atoms with Gasteiger partial charge in [-0.1, -0.05) is 48.8 Å². The lowest BCUT2D eigenvalue weighted by Gasteiger charge is -2.30. The van der Waals surface area contributed by atoms with Gasteiger partial charge in [0.25, 0.3) is 0 Å². The van der Waals surface area contributed by atoms with Crippen molar-refractivity contribution in [3.05, 3.63) is 35.4 Å². The van der Waals surface area contributed by atoms with E-state index in [1.165, 1.54) is 5.56 Å². The number of nitrogens with zero attached hydrogens (tertiary/aromatic N) is 1. The Morgan fingerprint density at radius 1 is 1.33 bits per heavy atom. The fraction of sp³-hybridized carbons (Fsp3) is 0.500. The highest BCUT2D eigenvalue weighted by molar-refractivity contribution is 6.06. The lowest BCUT2D eigenvalue weighted by Crippen LogP contribution is -2.49. The minimum atomic E-state index is -0.965. The first-order valence-corrected chi connectivity index (χ1v) is 7.26. The van der Waals surface area contributed by atoms with E-state index in [0.29, 0.717) is 12.8 Å². The molecule has 0 saturated heterocycles. The van der Waals surface area contributed by atoms with Gasteiger partial charge in [0.05, 0.1) is 6.04 Å². The third-order valence-electron chi connectivity index (χ3n) is 4.16. The van der Waals surface area contributed by atoms with Crippen LogP contribution in [-0.2, 0) is 4.79 Å². The van der Waals surface area contributed by atoms with Crippen LogP contribution in [0.4, 0.5) is 0 Å². The SMILES string of the molecule is CCC(CC)(C(=O)NC(C)c1ccc(C)cc1)C(N)=NO. The number of aryl methyl sites for hydroxylation is 1. The van der Waals surface area contributed by atoms with Gasteiger partial charge in [0, 0.05) is 0 Å². The maximum atomic E-state index is 12.6. The first-order chi connectivity index (χ1) is 9.91. The zero-order valence-electron chi connectivity index (χ0n) is 13.2. The molecule has 1 aromatic carbocycles. The highest BCUT2D eigenvalue weighted by atomic mass is 16.4. The molecular weight excluding hydrogens is 266 g/mol. The Kier molecular flexibility index (Phi) is 5.76. The molecule has 1 unspecified atom stereocenters. The molecule has 0 bridgehead atoms. The Bertz CT molecular complexity index is 505. The van der Waals surface area contributed by atoms with E-state index in [0.717, 1.165) is 5.56 Å². The van der Waals surface area contributed by atoms with Crippen molar-refractivity contribution >= 4 is 11.7 Å². The molecule has 4 N–H and O–H groups in total. The molecule has 0 aromatic heterocycles. The summed E-state index contributed by atoms with van der Waals surface area (Å²) in [7, 11) is 0. The number of amidine groups is 1. The Labute approximate surface area is 126 Å². The molecule has 0 aliphatic rings. The van der Waals surface area contributed by atoms with Crippen LogP contribution in [0.1, 0.15) is 50.8 Å². The van der Waals surface area contributed by atoms with Gasteiger partial charge < -0.3 is 16.3 Å². The number of benzene rings is 1. The molecular formula is C16H25N3O2. The minimum absolute atomic E-state index is 0.0406. The fourth-order valence-electron chi connectivity index (χ4n) is 2.42. The highest BCUT2D eigenvalue weighted by Gasteiger charge is 2.40. The molecule has 21 heavy (non-hydrogen) atoms. The van der Waals surface area contributed by atoms with E-state index in [1.54, 1.807) is 0 Å². The topological polar surface area (TPSA) is 87.7 Å². The van der Waals surface area contributed by atoms with Gasteiger partial charge in [-0.25, -0.2) is 0 Å². The van der Waals surface area contributed by atoms with E-state index in [1.807, 2.05) is 52.0 Å². The third kappa shape index (κ3) is 3.54. The number of carbonyl (C=O) groups is 1. The number of nitrogens with one attached hydrogen (secondary N) is 1. The number of hydrogen-bond acceptors (Lipinski definition) is 3. The molecule has 5 nitrogen and oxygen atoms in total. The monoisotopic (exact) mass is 291 g/mol. The fourth-order valence-corrected chi connectivity index (χ4v) is 2.42. The summed E-state index contributed by atoms with van der Waals surface area (Å²) < 4.78 is 0. The molecule has 1 aromatic rings. The Morgan fingerprint density at radius 3 is 2.29 bits per heavy atom. The van der Waals surface area contributed by atoms with Gasteiger partial charge >= 0.3 is 0 Å². The standard InChI is InChI=1S/C16H25N3O2/c1-5-16(6-2,14(17)19-21)15(20)18-12(4)13-9-7-11(3)8-10-13/h7-10,12,21H,5-6H2,1-4H3,(H2,17,19)(H,18,20). The number of rotatable bonds is 6. The molecule has 0 saturated carbocycles. The summed E-state index contributed by atoms with van der Waals surface area (Å²) in [5.41, 5.74) is 6.98. The van der Waals surface area contributed by atoms with E-state index < -0.39 is 5.41 Å². The highest BCUT2D eigenvalue weighted by Crippen LogP contribution is 2.28. The van der Waals surface area contributed by atoms with E-state index in [4.69, 9.17) is 10.9 Å². The zero-order valence-corrected chi connectivity index (χ0v) is 13.2. The van der Waals surface area contributed by atoms with E-state index in [2.05, 4.69) is 10.5 Å². The summed E-state index contributed by atoms with van der Waals surface area (Å²) in [4.78, 5) is 12.6. The number of oxime groups is 1. The Balaban J connectivity index is 2.94. The Morgan fingerprint density at radius 2 is 1.86 bits per heavy atom. The van der Waals surface area contributed by atoms with Crippen LogP contribution in [0.25, 0.3) is 0 Å².